The summed E-state index contributed by atoms with van der Waals surface area (Å²) in [4.78, 5) is 0. The summed E-state index contributed by atoms with van der Waals surface area (Å²) in [5, 5.41) is 8.51. The first-order valence-corrected chi connectivity index (χ1v) is 7.80. The third kappa shape index (κ3) is 1.85. The van der Waals surface area contributed by atoms with Crippen LogP contribution in [-0.2, 0) is 9.84 Å². The maximum Gasteiger partial charge on any atom is 0.231 e. The molecule has 19 heavy (non-hydrogen) atoms. The number of hydrogen-bond acceptors (Lipinski definition) is 5. The molecule has 100 valence electrons. The Balaban J connectivity index is 1.94. The highest BCUT2D eigenvalue weighted by Crippen LogP contribution is 2.53. The Bertz CT molecular complexity index is 662. The van der Waals surface area contributed by atoms with Crippen LogP contribution in [0, 0.1) is 17.2 Å². The lowest BCUT2D eigenvalue weighted by atomic mass is 10.1. The molecule has 1 aromatic rings. The van der Waals surface area contributed by atoms with E-state index < -0.39 is 21.0 Å². The lowest BCUT2D eigenvalue weighted by Crippen LogP contribution is -2.12. The number of hydrogen-bond donors (Lipinski definition) is 0. The Hall–Kier alpha value is -1.74. The number of benzene rings is 1. The molecule has 0 N–H and O–H groups in total. The van der Waals surface area contributed by atoms with Crippen molar-refractivity contribution in [1.29, 1.82) is 5.26 Å². The molecule has 5 nitrogen and oxygen atoms in total. The molecule has 0 bridgehead atoms. The van der Waals surface area contributed by atoms with E-state index in [0.29, 0.717) is 11.5 Å². The van der Waals surface area contributed by atoms with Crippen LogP contribution < -0.4 is 9.47 Å². The third-order valence-electron chi connectivity index (χ3n) is 3.70. The first-order valence-electron chi connectivity index (χ1n) is 6.09. The molecule has 1 heterocycles. The molecule has 0 radical (unpaired) electrons. The predicted molar refractivity (Wildman–Crippen MR) is 67.7 cm³/mol. The first kappa shape index (κ1) is 12.3. The Kier molecular flexibility index (Phi) is 2.68. The van der Waals surface area contributed by atoms with Gasteiger partial charge in [-0.1, -0.05) is 13.0 Å². The molecule has 1 aromatic carbocycles. The highest BCUT2D eigenvalue weighted by atomic mass is 32.2. The molecule has 2 aliphatic rings. The van der Waals surface area contributed by atoms with Crippen LogP contribution in [-0.4, -0.2) is 26.2 Å². The van der Waals surface area contributed by atoms with Crippen LogP contribution in [0.25, 0.3) is 0 Å². The summed E-state index contributed by atoms with van der Waals surface area (Å²) in [6, 6.07) is 7.45. The van der Waals surface area contributed by atoms with E-state index in [2.05, 4.69) is 6.07 Å². The molecule has 1 aliphatic carbocycles. The summed E-state index contributed by atoms with van der Waals surface area (Å²) >= 11 is 0. The van der Waals surface area contributed by atoms with Crippen LogP contribution in [0.5, 0.6) is 11.5 Å². The largest absolute Gasteiger partial charge is 0.454 e. The zero-order chi connectivity index (χ0) is 13.6. The van der Waals surface area contributed by atoms with E-state index in [1.54, 1.807) is 19.1 Å². The summed E-state index contributed by atoms with van der Waals surface area (Å²) in [6.07, 6.45) is 0. The fraction of sp³-hybridized carbons (Fsp3) is 0.462. The number of nitriles is 1. The highest BCUT2D eigenvalue weighted by Gasteiger charge is 2.58. The van der Waals surface area contributed by atoms with Crippen molar-refractivity contribution in [2.75, 3.05) is 12.5 Å². The molecule has 0 spiro atoms. The van der Waals surface area contributed by atoms with Gasteiger partial charge in [0.1, 0.15) is 0 Å². The van der Waals surface area contributed by atoms with Gasteiger partial charge in [-0.05, 0) is 17.7 Å². The molecule has 0 amide bonds. The van der Waals surface area contributed by atoms with Gasteiger partial charge in [0.15, 0.2) is 21.3 Å². The molecule has 3 rings (SSSR count). The second-order valence-corrected chi connectivity index (χ2v) is 7.16. The van der Waals surface area contributed by atoms with Crippen molar-refractivity contribution < 1.29 is 17.9 Å². The van der Waals surface area contributed by atoms with Gasteiger partial charge in [0.25, 0.3) is 0 Å². The molecule has 0 saturated heterocycles. The molecular weight excluding hydrogens is 266 g/mol. The number of rotatable bonds is 3. The van der Waals surface area contributed by atoms with Crippen LogP contribution in [0.1, 0.15) is 18.4 Å². The van der Waals surface area contributed by atoms with Gasteiger partial charge in [0.05, 0.1) is 17.2 Å². The van der Waals surface area contributed by atoms with Crippen LogP contribution in [0.2, 0.25) is 0 Å². The van der Waals surface area contributed by atoms with Crippen molar-refractivity contribution in [3.05, 3.63) is 23.8 Å². The fourth-order valence-corrected chi connectivity index (χ4v) is 4.34. The highest BCUT2D eigenvalue weighted by molar-refractivity contribution is 7.92. The summed E-state index contributed by atoms with van der Waals surface area (Å²) in [7, 11) is -3.19. The van der Waals surface area contributed by atoms with Crippen LogP contribution in [0.3, 0.4) is 0 Å². The number of fused-ring (bicyclic) bond motifs is 1. The van der Waals surface area contributed by atoms with Gasteiger partial charge in [0.2, 0.25) is 6.79 Å². The predicted octanol–water partition coefficient (Wildman–Crippen LogP) is 1.46. The smallest absolute Gasteiger partial charge is 0.231 e. The van der Waals surface area contributed by atoms with E-state index in [1.807, 2.05) is 6.07 Å². The molecule has 1 fully saturated rings. The maximum absolute atomic E-state index is 11.9. The second-order valence-electron chi connectivity index (χ2n) is 4.71. The van der Waals surface area contributed by atoms with Crippen molar-refractivity contribution in [3.63, 3.8) is 0 Å². The number of sulfone groups is 1. The topological polar surface area (TPSA) is 76.4 Å². The SMILES string of the molecule is CCS(=O)(=O)[C@@H]1[C@H](C#N)[C@@H]1c1ccc2c(c1)OCO2. The van der Waals surface area contributed by atoms with Gasteiger partial charge in [-0.15, -0.1) is 0 Å². The lowest BCUT2D eigenvalue weighted by Gasteiger charge is -2.02. The Labute approximate surface area is 111 Å². The quantitative estimate of drug-likeness (QED) is 0.837. The average molecular weight is 279 g/mol. The van der Waals surface area contributed by atoms with Gasteiger partial charge in [-0.25, -0.2) is 8.42 Å². The summed E-state index contributed by atoms with van der Waals surface area (Å²) < 4.78 is 34.4. The number of ether oxygens (including phenoxy) is 2. The summed E-state index contributed by atoms with van der Waals surface area (Å²) in [5.41, 5.74) is 0.831. The summed E-state index contributed by atoms with van der Waals surface area (Å²) in [6.45, 7) is 1.79. The Morgan fingerprint density at radius 2 is 2.11 bits per heavy atom. The van der Waals surface area contributed by atoms with Gasteiger partial charge in [0, 0.05) is 11.7 Å². The van der Waals surface area contributed by atoms with E-state index >= 15 is 0 Å². The van der Waals surface area contributed by atoms with E-state index in [4.69, 9.17) is 14.7 Å². The van der Waals surface area contributed by atoms with E-state index in [-0.39, 0.29) is 18.5 Å². The van der Waals surface area contributed by atoms with Crippen molar-refractivity contribution in [2.45, 2.75) is 18.1 Å². The monoisotopic (exact) mass is 279 g/mol. The van der Waals surface area contributed by atoms with Crippen LogP contribution >= 0.6 is 0 Å². The molecule has 6 heteroatoms. The van der Waals surface area contributed by atoms with Gasteiger partial charge in [-0.2, -0.15) is 5.26 Å². The third-order valence-corrected chi connectivity index (χ3v) is 5.92. The van der Waals surface area contributed by atoms with Crippen molar-refractivity contribution in [2.24, 2.45) is 5.92 Å². The molecular formula is C13H13NO4S. The Morgan fingerprint density at radius 3 is 2.79 bits per heavy atom. The minimum atomic E-state index is -3.19. The molecule has 0 aromatic heterocycles. The maximum atomic E-state index is 11.9. The van der Waals surface area contributed by atoms with E-state index in [9.17, 15) is 8.42 Å². The zero-order valence-corrected chi connectivity index (χ0v) is 11.2. The standard InChI is InChI=1S/C13H13NO4S/c1-2-19(15,16)13-9(6-14)12(13)8-3-4-10-11(5-8)18-7-17-10/h3-5,9,12-13H,2,7H2,1H3/t9-,12+,13-/m1/s1. The van der Waals surface area contributed by atoms with Crippen molar-refractivity contribution in [1.82, 2.24) is 0 Å². The second kappa shape index (κ2) is 4.14. The minimum Gasteiger partial charge on any atom is -0.454 e. The van der Waals surface area contributed by atoms with Crippen molar-refractivity contribution in [3.8, 4) is 17.6 Å². The molecule has 0 unspecified atom stereocenters. The van der Waals surface area contributed by atoms with Gasteiger partial charge < -0.3 is 9.47 Å². The number of nitrogens with zero attached hydrogens (tertiary/aromatic N) is 1. The fourth-order valence-electron chi connectivity index (χ4n) is 2.59. The van der Waals surface area contributed by atoms with E-state index in [0.717, 1.165) is 5.56 Å². The normalized spacial score (nSPS) is 27.9. The Morgan fingerprint density at radius 1 is 1.37 bits per heavy atom. The van der Waals surface area contributed by atoms with Crippen LogP contribution in [0.15, 0.2) is 18.2 Å². The molecule has 1 aliphatic heterocycles. The van der Waals surface area contributed by atoms with Gasteiger partial charge >= 0.3 is 0 Å². The van der Waals surface area contributed by atoms with Gasteiger partial charge in [-0.3, -0.25) is 0 Å². The van der Waals surface area contributed by atoms with Crippen molar-refractivity contribution >= 4 is 9.84 Å². The lowest BCUT2D eigenvalue weighted by molar-refractivity contribution is 0.174. The van der Waals surface area contributed by atoms with E-state index in [1.165, 1.54) is 0 Å². The summed E-state index contributed by atoms with van der Waals surface area (Å²) in [5.74, 6) is 0.646. The molecule has 1 saturated carbocycles. The molecule has 3 atom stereocenters. The zero-order valence-electron chi connectivity index (χ0n) is 10.4. The average Bonchev–Trinajstić information content (AvgIpc) is 2.99. The minimum absolute atomic E-state index is 0.0664. The van der Waals surface area contributed by atoms with Crippen LogP contribution in [0.4, 0.5) is 0 Å². The first-order chi connectivity index (χ1) is 9.08.